The smallest absolute Gasteiger partial charge is 0.405 e. The normalized spacial score (nSPS) is 21.9. The van der Waals surface area contributed by atoms with Gasteiger partial charge in [-0.25, -0.2) is 19.6 Å². The fraction of sp³-hybridized carbons (Fsp3) is 0.488. The summed E-state index contributed by atoms with van der Waals surface area (Å²) in [5, 5.41) is 0. The van der Waals surface area contributed by atoms with Gasteiger partial charge in [-0.2, -0.15) is 0 Å². The van der Waals surface area contributed by atoms with Crippen molar-refractivity contribution in [3.63, 3.8) is 0 Å². The highest BCUT2D eigenvalue weighted by atomic mass is 16.6. The molecule has 14 heteroatoms. The molecule has 4 atom stereocenters. The molecule has 4 fully saturated rings. The zero-order chi connectivity index (χ0) is 39.9. The van der Waals surface area contributed by atoms with Gasteiger partial charge in [0, 0.05) is 35.9 Å². The lowest BCUT2D eigenvalue weighted by Crippen LogP contribution is -2.43. The van der Waals surface area contributed by atoms with E-state index in [-0.39, 0.29) is 41.1 Å². The number of benzene rings is 2. The van der Waals surface area contributed by atoms with E-state index in [9.17, 15) is 19.2 Å². The number of primary amides is 2. The van der Waals surface area contributed by atoms with Gasteiger partial charge in [-0.15, -0.1) is 0 Å². The molecule has 4 aromatic rings. The number of nitrogens with two attached hydrogens (primary N) is 2. The zero-order valence-electron chi connectivity index (χ0n) is 32.9. The van der Waals surface area contributed by atoms with E-state index >= 15 is 0 Å². The van der Waals surface area contributed by atoms with Gasteiger partial charge in [0.2, 0.25) is 0 Å². The molecule has 2 aromatic heterocycles. The third-order valence-electron chi connectivity index (χ3n) is 12.9. The maximum Gasteiger partial charge on any atom is 0.405 e. The van der Waals surface area contributed by atoms with Gasteiger partial charge in [0.1, 0.15) is 11.6 Å². The van der Waals surface area contributed by atoms with E-state index in [1.165, 1.54) is 27.8 Å². The first-order valence-corrected chi connectivity index (χ1v) is 20.2. The van der Waals surface area contributed by atoms with Crippen molar-refractivity contribution in [2.45, 2.75) is 109 Å². The van der Waals surface area contributed by atoms with E-state index in [0.29, 0.717) is 13.1 Å². The van der Waals surface area contributed by atoms with Crippen molar-refractivity contribution >= 4 is 24.0 Å². The van der Waals surface area contributed by atoms with Crippen LogP contribution in [0.3, 0.4) is 0 Å². The van der Waals surface area contributed by atoms with Gasteiger partial charge >= 0.3 is 12.2 Å². The third kappa shape index (κ3) is 6.42. The number of aromatic amines is 2. The lowest BCUT2D eigenvalue weighted by Gasteiger charge is -2.27. The minimum atomic E-state index is -0.923. The summed E-state index contributed by atoms with van der Waals surface area (Å²) in [6.07, 6.45) is 6.75. The molecule has 14 nitrogen and oxygen atoms in total. The topological polar surface area (TPSA) is 203 Å². The lowest BCUT2D eigenvalue weighted by atomic mass is 9.78. The molecule has 57 heavy (non-hydrogen) atoms. The number of rotatable bonds is 10. The molecule has 2 unspecified atom stereocenters. The number of fused-ring (bicyclic) bond motifs is 3. The number of nitrogens with zero attached hydrogens (tertiary/aromatic N) is 4. The Kier molecular flexibility index (Phi) is 8.93. The molecule has 9 rings (SSSR count). The van der Waals surface area contributed by atoms with Crippen LogP contribution in [0.2, 0.25) is 0 Å². The Hall–Kier alpha value is -5.66. The number of ether oxygens (including phenoxy) is 2. The van der Waals surface area contributed by atoms with E-state index < -0.39 is 24.4 Å². The number of aromatic nitrogens is 4. The quantitative estimate of drug-likeness (QED) is 0.140. The van der Waals surface area contributed by atoms with Crippen LogP contribution in [0.4, 0.5) is 9.59 Å². The lowest BCUT2D eigenvalue weighted by molar-refractivity contribution is -0.143. The molecule has 4 amide bonds. The maximum absolute atomic E-state index is 13.6. The average Bonchev–Trinajstić information content (AvgIpc) is 3.85. The first kappa shape index (κ1) is 36.9. The standard InChI is InChI=1S/C43H50N8O6/c1-21-17-27-26-14-13-25(29-19-46-37(48-29)31-7-5-15-50(31)39(52)35(23-9-10-23)56-41(44)54)18-28(26)43(3,4)34(27)22(2)33(21)30-20-47-38(49-30)32-8-6-16-51(32)40(53)36(24-11-12-24)57-42(45)55/h13-14,17-20,23-24,31-32,35-36H,5-12,15-16H2,1-4H3,(H2,44,54)(H2,45,55)(H,46,48)(H,47,49)/t31?,32?,35-,36-/m0/s1. The second-order valence-corrected chi connectivity index (χ2v) is 17.1. The van der Waals surface area contributed by atoms with Gasteiger partial charge in [-0.1, -0.05) is 32.0 Å². The van der Waals surface area contributed by atoms with E-state index in [1.807, 2.05) is 12.4 Å². The number of aryl methyl sites for hydroxylation is 1. The Labute approximate surface area is 331 Å². The fourth-order valence-electron chi connectivity index (χ4n) is 10.0. The number of carbonyl (C=O) groups excluding carboxylic acids is 4. The molecule has 0 radical (unpaired) electrons. The van der Waals surface area contributed by atoms with E-state index in [2.05, 4.69) is 61.9 Å². The van der Waals surface area contributed by atoms with Crippen LogP contribution in [0.1, 0.15) is 111 Å². The van der Waals surface area contributed by atoms with Crippen LogP contribution in [0, 0.1) is 25.7 Å². The van der Waals surface area contributed by atoms with Gasteiger partial charge < -0.3 is 40.7 Å². The molecule has 6 N–H and O–H groups in total. The van der Waals surface area contributed by atoms with Crippen LogP contribution in [-0.2, 0) is 24.5 Å². The number of carbonyl (C=O) groups is 4. The first-order valence-electron chi connectivity index (χ1n) is 20.2. The molecule has 2 saturated heterocycles. The number of H-pyrrole nitrogens is 2. The number of amides is 4. The highest BCUT2D eigenvalue weighted by molar-refractivity contribution is 5.89. The van der Waals surface area contributed by atoms with Gasteiger partial charge in [0.15, 0.2) is 12.2 Å². The number of nitrogens with one attached hydrogen (secondary N) is 2. The van der Waals surface area contributed by atoms with E-state index in [0.717, 1.165) is 91.1 Å². The van der Waals surface area contributed by atoms with Gasteiger partial charge in [-0.3, -0.25) is 9.59 Å². The van der Waals surface area contributed by atoms with Crippen molar-refractivity contribution < 1.29 is 28.7 Å². The summed E-state index contributed by atoms with van der Waals surface area (Å²) >= 11 is 0. The van der Waals surface area contributed by atoms with Crippen LogP contribution >= 0.6 is 0 Å². The number of imidazole rings is 2. The van der Waals surface area contributed by atoms with Crippen LogP contribution < -0.4 is 11.5 Å². The third-order valence-corrected chi connectivity index (χ3v) is 12.9. The minimum absolute atomic E-state index is 0.0210. The van der Waals surface area contributed by atoms with Gasteiger partial charge in [-0.05, 0) is 110 Å². The zero-order valence-corrected chi connectivity index (χ0v) is 32.9. The number of hydrogen-bond donors (Lipinski definition) is 4. The predicted octanol–water partition coefficient (Wildman–Crippen LogP) is 6.46. The molecule has 5 aliphatic rings. The van der Waals surface area contributed by atoms with Crippen molar-refractivity contribution in [3.05, 3.63) is 70.6 Å². The average molecular weight is 775 g/mol. The summed E-state index contributed by atoms with van der Waals surface area (Å²) < 4.78 is 10.6. The summed E-state index contributed by atoms with van der Waals surface area (Å²) in [6.45, 7) is 9.99. The second kappa shape index (κ2) is 13.8. The Bertz CT molecular complexity index is 2300. The summed E-state index contributed by atoms with van der Waals surface area (Å²) in [4.78, 5) is 70.8. The number of hydrogen-bond acceptors (Lipinski definition) is 8. The molecule has 298 valence electrons. The van der Waals surface area contributed by atoms with Crippen molar-refractivity contribution in [1.82, 2.24) is 29.7 Å². The van der Waals surface area contributed by atoms with Crippen LogP contribution in [0.5, 0.6) is 0 Å². The van der Waals surface area contributed by atoms with Gasteiger partial charge in [0.05, 0.1) is 35.9 Å². The molecule has 2 aliphatic heterocycles. The Morgan fingerprint density at radius 1 is 0.754 bits per heavy atom. The second-order valence-electron chi connectivity index (χ2n) is 17.1. The Morgan fingerprint density at radius 2 is 1.28 bits per heavy atom. The Morgan fingerprint density at radius 3 is 1.81 bits per heavy atom. The molecule has 4 heterocycles. The van der Waals surface area contributed by atoms with Crippen LogP contribution in [0.25, 0.3) is 33.6 Å². The predicted molar refractivity (Wildman–Crippen MR) is 210 cm³/mol. The highest BCUT2D eigenvalue weighted by Gasteiger charge is 2.46. The van der Waals surface area contributed by atoms with E-state index in [4.69, 9.17) is 30.9 Å². The molecule has 2 aromatic carbocycles. The minimum Gasteiger partial charge on any atom is -0.436 e. The van der Waals surface area contributed by atoms with Crippen molar-refractivity contribution in [3.8, 4) is 33.6 Å². The fourth-order valence-corrected chi connectivity index (χ4v) is 10.0. The largest absolute Gasteiger partial charge is 0.436 e. The van der Waals surface area contributed by atoms with Crippen molar-refractivity contribution in [2.75, 3.05) is 13.1 Å². The summed E-state index contributed by atoms with van der Waals surface area (Å²) in [5.41, 5.74) is 21.4. The molecule has 0 spiro atoms. The number of likely N-dealkylation sites (tertiary alicyclic amines) is 2. The van der Waals surface area contributed by atoms with E-state index in [1.54, 1.807) is 9.80 Å². The van der Waals surface area contributed by atoms with Crippen molar-refractivity contribution in [2.24, 2.45) is 23.3 Å². The van der Waals surface area contributed by atoms with Crippen LogP contribution in [-0.4, -0.2) is 79.0 Å². The SMILES string of the molecule is Cc1cc2c(c(C)c1-c1cnc(C3CCCN3C(=O)[C@@H](OC(N)=O)C3CC3)[nH]1)C(C)(C)c1cc(-c3cnc(C4CCCN4C(=O)[C@@H](OC(N)=O)C4CC4)[nH]3)ccc1-2. The Balaban J connectivity index is 0.970. The highest BCUT2D eigenvalue weighted by Crippen LogP contribution is 2.53. The maximum atomic E-state index is 13.6. The van der Waals surface area contributed by atoms with Crippen molar-refractivity contribution in [1.29, 1.82) is 0 Å². The summed E-state index contributed by atoms with van der Waals surface area (Å²) in [7, 11) is 0. The van der Waals surface area contributed by atoms with Gasteiger partial charge in [0.25, 0.3) is 11.8 Å². The first-order chi connectivity index (χ1) is 27.3. The molecular formula is C43H50N8O6. The van der Waals surface area contributed by atoms with Crippen LogP contribution in [0.15, 0.2) is 36.7 Å². The monoisotopic (exact) mass is 774 g/mol. The summed E-state index contributed by atoms with van der Waals surface area (Å²) in [5.74, 6) is 1.09. The molecule has 2 saturated carbocycles. The molecule has 0 bridgehead atoms. The molecular weight excluding hydrogens is 725 g/mol. The summed E-state index contributed by atoms with van der Waals surface area (Å²) in [6, 6.07) is 8.36. The molecule has 3 aliphatic carbocycles.